The van der Waals surface area contributed by atoms with Gasteiger partial charge in [0, 0.05) is 16.2 Å². The molecule has 0 atom stereocenters. The predicted molar refractivity (Wildman–Crippen MR) is 98.5 cm³/mol. The van der Waals surface area contributed by atoms with Gasteiger partial charge in [-0.2, -0.15) is 5.10 Å². The van der Waals surface area contributed by atoms with Crippen molar-refractivity contribution >= 4 is 27.7 Å². The average molecular weight is 430 g/mol. The second-order valence-corrected chi connectivity index (χ2v) is 6.87. The Morgan fingerprint density at radius 1 is 1.26 bits per heavy atom. The molecule has 136 valence electrons. The summed E-state index contributed by atoms with van der Waals surface area (Å²) in [6.07, 6.45) is 3.22. The molecule has 3 aromatic rings. The maximum atomic E-state index is 13.9. The first-order valence-corrected chi connectivity index (χ1v) is 8.83. The van der Waals surface area contributed by atoms with Gasteiger partial charge in [0.15, 0.2) is 5.69 Å². The second kappa shape index (κ2) is 6.92. The lowest BCUT2D eigenvalue weighted by molar-refractivity contribution is -0.118. The van der Waals surface area contributed by atoms with E-state index in [1.165, 1.54) is 21.7 Å². The third-order valence-corrected chi connectivity index (χ3v) is 4.52. The minimum Gasteiger partial charge on any atom is -0.337 e. The summed E-state index contributed by atoms with van der Waals surface area (Å²) >= 11 is 3.28. The summed E-state index contributed by atoms with van der Waals surface area (Å²) in [5.74, 6) is -1.02. The molecule has 2 amide bonds. The van der Waals surface area contributed by atoms with Crippen molar-refractivity contribution in [1.29, 1.82) is 0 Å². The van der Waals surface area contributed by atoms with Crippen LogP contribution in [0.3, 0.4) is 0 Å². The highest BCUT2D eigenvalue weighted by Crippen LogP contribution is 2.28. The van der Waals surface area contributed by atoms with Crippen LogP contribution in [0.2, 0.25) is 0 Å². The van der Waals surface area contributed by atoms with Crippen LogP contribution in [0.5, 0.6) is 0 Å². The second-order valence-electron chi connectivity index (χ2n) is 5.96. The van der Waals surface area contributed by atoms with Crippen molar-refractivity contribution in [1.82, 2.24) is 25.0 Å². The zero-order chi connectivity index (χ0) is 19.0. The molecule has 0 radical (unpaired) electrons. The zero-order valence-corrected chi connectivity index (χ0v) is 15.5. The Balaban J connectivity index is 1.82. The summed E-state index contributed by atoms with van der Waals surface area (Å²) in [5, 5.41) is 6.98. The Hall–Kier alpha value is -3.07. The van der Waals surface area contributed by atoms with E-state index in [0.29, 0.717) is 21.4 Å². The number of hydrogen-bond donors (Lipinski definition) is 1. The van der Waals surface area contributed by atoms with Crippen LogP contribution in [0.4, 0.5) is 4.39 Å². The molecule has 7 nitrogen and oxygen atoms in total. The molecule has 1 aliphatic heterocycles. The Morgan fingerprint density at radius 3 is 2.78 bits per heavy atom. The predicted octanol–water partition coefficient (Wildman–Crippen LogP) is 2.37. The number of nitrogens with one attached hydrogen (secondary N) is 1. The maximum absolute atomic E-state index is 13.9. The van der Waals surface area contributed by atoms with Crippen molar-refractivity contribution in [2.45, 2.75) is 0 Å². The zero-order valence-electron chi connectivity index (χ0n) is 13.9. The van der Waals surface area contributed by atoms with Gasteiger partial charge in [0.1, 0.15) is 12.4 Å². The van der Waals surface area contributed by atoms with Gasteiger partial charge in [-0.15, -0.1) is 0 Å². The number of hydrogen-bond acceptors (Lipinski definition) is 4. The Labute approximate surface area is 161 Å². The molecule has 0 unspecified atom stereocenters. The van der Waals surface area contributed by atoms with Gasteiger partial charge in [-0.25, -0.2) is 9.07 Å². The molecule has 1 N–H and O–H groups in total. The van der Waals surface area contributed by atoms with E-state index in [1.807, 2.05) is 0 Å². The molecule has 4 rings (SSSR count). The molecule has 1 saturated heterocycles. The number of nitrogens with zero attached hydrogens (tertiary/aromatic N) is 4. The van der Waals surface area contributed by atoms with E-state index in [0.717, 1.165) is 0 Å². The van der Waals surface area contributed by atoms with Crippen LogP contribution in [-0.4, -0.2) is 44.7 Å². The Bertz CT molecular complexity index is 1020. The molecule has 1 aliphatic rings. The molecule has 3 heterocycles. The van der Waals surface area contributed by atoms with Gasteiger partial charge in [-0.1, -0.05) is 15.9 Å². The van der Waals surface area contributed by atoms with Crippen molar-refractivity contribution in [2.24, 2.45) is 0 Å². The van der Waals surface area contributed by atoms with Gasteiger partial charge in [0.2, 0.25) is 5.91 Å². The summed E-state index contributed by atoms with van der Waals surface area (Å²) in [6, 6.07) is 9.56. The smallest absolute Gasteiger partial charge is 0.276 e. The molecular formula is C18H13BrFN5O2. The summed E-state index contributed by atoms with van der Waals surface area (Å²) in [5.41, 5.74) is 1.87. The van der Waals surface area contributed by atoms with Crippen LogP contribution in [0.1, 0.15) is 10.5 Å². The lowest BCUT2D eigenvalue weighted by Crippen LogP contribution is -2.30. The molecule has 1 fully saturated rings. The third-order valence-electron chi connectivity index (χ3n) is 4.07. The number of rotatable bonds is 3. The molecule has 0 bridgehead atoms. The van der Waals surface area contributed by atoms with Crippen LogP contribution in [-0.2, 0) is 4.79 Å². The van der Waals surface area contributed by atoms with Gasteiger partial charge in [-0.3, -0.25) is 14.6 Å². The summed E-state index contributed by atoms with van der Waals surface area (Å²) in [7, 11) is 0. The van der Waals surface area contributed by atoms with Gasteiger partial charge in [-0.05, 0) is 36.4 Å². The van der Waals surface area contributed by atoms with E-state index in [-0.39, 0.29) is 30.7 Å². The van der Waals surface area contributed by atoms with Gasteiger partial charge in [0.05, 0.1) is 24.2 Å². The van der Waals surface area contributed by atoms with Gasteiger partial charge in [0.25, 0.3) is 5.91 Å². The van der Waals surface area contributed by atoms with E-state index in [2.05, 4.69) is 31.3 Å². The molecule has 1 aromatic carbocycles. The molecule has 9 heteroatoms. The summed E-state index contributed by atoms with van der Waals surface area (Å²) < 4.78 is 16.0. The standard InChI is InChI=1S/C18H13BrFN5O2/c19-12-4-11(5-13(20)6-12)16-7-15(18(27)24-9-17(26)22-10-24)23-25(16)14-2-1-3-21-8-14/h1-8H,9-10H2,(H,22,26). The van der Waals surface area contributed by atoms with E-state index in [4.69, 9.17) is 0 Å². The molecule has 0 spiro atoms. The van der Waals surface area contributed by atoms with Crippen LogP contribution >= 0.6 is 15.9 Å². The minimum absolute atomic E-state index is 0.0145. The van der Waals surface area contributed by atoms with Gasteiger partial charge < -0.3 is 10.2 Å². The molecular weight excluding hydrogens is 417 g/mol. The average Bonchev–Trinajstić information content (AvgIpc) is 3.28. The molecule has 27 heavy (non-hydrogen) atoms. The lowest BCUT2D eigenvalue weighted by Gasteiger charge is -2.10. The van der Waals surface area contributed by atoms with Crippen LogP contribution in [0, 0.1) is 5.82 Å². The fraction of sp³-hybridized carbons (Fsp3) is 0.111. The Morgan fingerprint density at radius 2 is 2.11 bits per heavy atom. The lowest BCUT2D eigenvalue weighted by atomic mass is 10.1. The van der Waals surface area contributed by atoms with Crippen LogP contribution in [0.15, 0.2) is 53.3 Å². The van der Waals surface area contributed by atoms with Crippen molar-refractivity contribution in [3.8, 4) is 16.9 Å². The maximum Gasteiger partial charge on any atom is 0.276 e. The van der Waals surface area contributed by atoms with Crippen LogP contribution < -0.4 is 5.32 Å². The number of amides is 2. The normalized spacial score (nSPS) is 13.7. The van der Waals surface area contributed by atoms with Crippen molar-refractivity contribution in [2.75, 3.05) is 13.2 Å². The first-order chi connectivity index (χ1) is 13.0. The minimum atomic E-state index is -0.416. The Kier molecular flexibility index (Phi) is 4.44. The number of carbonyl (C=O) groups excluding carboxylic acids is 2. The quantitative estimate of drug-likeness (QED) is 0.692. The van der Waals surface area contributed by atoms with Crippen molar-refractivity contribution in [3.63, 3.8) is 0 Å². The highest BCUT2D eigenvalue weighted by Gasteiger charge is 2.27. The number of carbonyl (C=O) groups is 2. The summed E-state index contributed by atoms with van der Waals surface area (Å²) in [4.78, 5) is 29.5. The number of pyridine rings is 1. The monoisotopic (exact) mass is 429 g/mol. The van der Waals surface area contributed by atoms with Crippen molar-refractivity contribution in [3.05, 3.63) is 64.8 Å². The van der Waals surface area contributed by atoms with E-state index < -0.39 is 5.82 Å². The third kappa shape index (κ3) is 3.45. The highest BCUT2D eigenvalue weighted by molar-refractivity contribution is 9.10. The first kappa shape index (κ1) is 17.3. The van der Waals surface area contributed by atoms with E-state index >= 15 is 0 Å². The molecule has 0 saturated carbocycles. The number of benzene rings is 1. The van der Waals surface area contributed by atoms with E-state index in [1.54, 1.807) is 36.7 Å². The fourth-order valence-electron chi connectivity index (χ4n) is 2.84. The van der Waals surface area contributed by atoms with E-state index in [9.17, 15) is 14.0 Å². The summed E-state index contributed by atoms with van der Waals surface area (Å²) in [6.45, 7) is 0.123. The van der Waals surface area contributed by atoms with Crippen molar-refractivity contribution < 1.29 is 14.0 Å². The molecule has 0 aliphatic carbocycles. The largest absolute Gasteiger partial charge is 0.337 e. The first-order valence-electron chi connectivity index (χ1n) is 8.04. The fourth-order valence-corrected chi connectivity index (χ4v) is 3.31. The SMILES string of the molecule is O=C1CN(C(=O)c2cc(-c3cc(F)cc(Br)c3)n(-c3cccnc3)n2)CN1. The highest BCUT2D eigenvalue weighted by atomic mass is 79.9. The number of aromatic nitrogens is 3. The van der Waals surface area contributed by atoms with Gasteiger partial charge >= 0.3 is 0 Å². The topological polar surface area (TPSA) is 80.1 Å². The number of halogens is 2. The van der Waals surface area contributed by atoms with Crippen LogP contribution in [0.25, 0.3) is 16.9 Å². The molecule has 2 aromatic heterocycles.